The molecule has 0 radical (unpaired) electrons. The van der Waals surface area contributed by atoms with Gasteiger partial charge in [0.2, 0.25) is 5.82 Å². The zero-order chi connectivity index (χ0) is 13.0. The molecular formula is C13H10FNO3. The van der Waals surface area contributed by atoms with E-state index in [2.05, 4.69) is 0 Å². The average Bonchev–Trinajstić information content (AvgIpc) is 2.38. The molecule has 92 valence electrons. The van der Waals surface area contributed by atoms with Crippen molar-refractivity contribution in [1.29, 1.82) is 0 Å². The highest BCUT2D eigenvalue weighted by Crippen LogP contribution is 2.21. The third kappa shape index (κ3) is 2.63. The van der Waals surface area contributed by atoms with Crippen LogP contribution in [0.2, 0.25) is 0 Å². The summed E-state index contributed by atoms with van der Waals surface area (Å²) < 4.78 is 19.0. The van der Waals surface area contributed by atoms with E-state index in [0.29, 0.717) is 5.75 Å². The van der Waals surface area contributed by atoms with E-state index in [-0.39, 0.29) is 12.2 Å². The summed E-state index contributed by atoms with van der Waals surface area (Å²) in [6.45, 7) is -0.0441. The van der Waals surface area contributed by atoms with E-state index in [4.69, 9.17) is 4.74 Å². The van der Waals surface area contributed by atoms with E-state index in [1.165, 1.54) is 12.1 Å². The highest BCUT2D eigenvalue weighted by atomic mass is 19.1. The van der Waals surface area contributed by atoms with Crippen molar-refractivity contribution >= 4 is 5.69 Å². The third-order valence-corrected chi connectivity index (χ3v) is 2.39. The second-order valence-electron chi connectivity index (χ2n) is 3.61. The molecule has 5 heteroatoms. The van der Waals surface area contributed by atoms with E-state index in [9.17, 15) is 14.5 Å². The van der Waals surface area contributed by atoms with E-state index >= 15 is 0 Å². The lowest BCUT2D eigenvalue weighted by atomic mass is 10.2. The van der Waals surface area contributed by atoms with Crippen LogP contribution in [0.4, 0.5) is 10.1 Å². The van der Waals surface area contributed by atoms with Gasteiger partial charge in [0.25, 0.3) is 0 Å². The molecule has 0 saturated carbocycles. The van der Waals surface area contributed by atoms with Crippen LogP contribution in [0.5, 0.6) is 5.75 Å². The number of rotatable bonds is 4. The van der Waals surface area contributed by atoms with Crippen molar-refractivity contribution in [3.63, 3.8) is 0 Å². The van der Waals surface area contributed by atoms with Crippen LogP contribution in [-0.2, 0) is 6.61 Å². The maximum absolute atomic E-state index is 13.7. The van der Waals surface area contributed by atoms with Crippen LogP contribution in [0.15, 0.2) is 48.5 Å². The summed E-state index contributed by atoms with van der Waals surface area (Å²) >= 11 is 0. The Balaban J connectivity index is 2.15. The van der Waals surface area contributed by atoms with Gasteiger partial charge in [0.15, 0.2) is 0 Å². The van der Waals surface area contributed by atoms with Gasteiger partial charge in [-0.1, -0.05) is 30.3 Å². The zero-order valence-corrected chi connectivity index (χ0v) is 9.38. The fourth-order valence-corrected chi connectivity index (χ4v) is 1.50. The smallest absolute Gasteiger partial charge is 0.305 e. The number of benzene rings is 2. The number of hydrogen-bond donors (Lipinski definition) is 0. The quantitative estimate of drug-likeness (QED) is 0.615. The molecule has 0 saturated heterocycles. The lowest BCUT2D eigenvalue weighted by Gasteiger charge is -2.06. The second-order valence-corrected chi connectivity index (χ2v) is 3.61. The number of nitro groups is 1. The molecule has 0 fully saturated rings. The summed E-state index contributed by atoms with van der Waals surface area (Å²) in [5, 5.41) is 10.6. The lowest BCUT2D eigenvalue weighted by Crippen LogP contribution is -2.01. The maximum atomic E-state index is 13.7. The van der Waals surface area contributed by atoms with Crippen LogP contribution in [0, 0.1) is 15.9 Å². The number of halogens is 1. The fourth-order valence-electron chi connectivity index (χ4n) is 1.50. The Morgan fingerprint density at radius 3 is 2.50 bits per heavy atom. The number of ether oxygens (including phenoxy) is 1. The first-order valence-electron chi connectivity index (χ1n) is 5.28. The van der Waals surface area contributed by atoms with Crippen molar-refractivity contribution in [2.75, 3.05) is 0 Å². The van der Waals surface area contributed by atoms with Crippen molar-refractivity contribution in [3.05, 3.63) is 70.0 Å². The highest BCUT2D eigenvalue weighted by molar-refractivity contribution is 5.36. The van der Waals surface area contributed by atoms with Gasteiger partial charge < -0.3 is 4.74 Å². The summed E-state index contributed by atoms with van der Waals surface area (Å²) in [5.74, 6) is -0.262. The van der Waals surface area contributed by atoms with Crippen molar-refractivity contribution in [3.8, 4) is 5.75 Å². The molecule has 0 amide bonds. The van der Waals surface area contributed by atoms with Crippen LogP contribution < -0.4 is 4.74 Å². The molecule has 4 nitrogen and oxygen atoms in total. The normalized spacial score (nSPS) is 10.1. The van der Waals surface area contributed by atoms with Gasteiger partial charge in [0.05, 0.1) is 4.92 Å². The van der Waals surface area contributed by atoms with E-state index < -0.39 is 16.4 Å². The molecule has 0 spiro atoms. The third-order valence-electron chi connectivity index (χ3n) is 2.39. The number of nitro benzene ring substituents is 1. The molecule has 0 heterocycles. The second kappa shape index (κ2) is 5.27. The van der Waals surface area contributed by atoms with Gasteiger partial charge in [-0.05, 0) is 12.1 Å². The molecule has 0 aliphatic carbocycles. The summed E-state index contributed by atoms with van der Waals surface area (Å²) in [7, 11) is 0. The van der Waals surface area contributed by atoms with Gasteiger partial charge in [-0.15, -0.1) is 0 Å². The Labute approximate surface area is 103 Å². The van der Waals surface area contributed by atoms with Crippen LogP contribution in [0.25, 0.3) is 0 Å². The van der Waals surface area contributed by atoms with Crippen LogP contribution in [0.1, 0.15) is 5.56 Å². The Hall–Kier alpha value is -2.43. The number of hydrogen-bond acceptors (Lipinski definition) is 3. The molecule has 0 unspecified atom stereocenters. The van der Waals surface area contributed by atoms with Gasteiger partial charge >= 0.3 is 5.69 Å². The van der Waals surface area contributed by atoms with E-state index in [1.54, 1.807) is 24.3 Å². The van der Waals surface area contributed by atoms with Crippen LogP contribution in [0.3, 0.4) is 0 Å². The monoisotopic (exact) mass is 247 g/mol. The molecule has 2 aromatic rings. The number of para-hydroxylation sites is 1. The lowest BCUT2D eigenvalue weighted by molar-refractivity contribution is -0.387. The molecule has 0 aliphatic heterocycles. The Morgan fingerprint density at radius 2 is 1.83 bits per heavy atom. The zero-order valence-electron chi connectivity index (χ0n) is 9.38. The molecular weight excluding hydrogens is 237 g/mol. The SMILES string of the molecule is O=[N+]([O-])c1cccc(COc2ccccc2)c1F. The maximum Gasteiger partial charge on any atom is 0.305 e. The van der Waals surface area contributed by atoms with Crippen LogP contribution >= 0.6 is 0 Å². The summed E-state index contributed by atoms with van der Waals surface area (Å²) in [4.78, 5) is 9.82. The van der Waals surface area contributed by atoms with Crippen LogP contribution in [-0.4, -0.2) is 4.92 Å². The molecule has 0 aliphatic rings. The molecule has 0 bridgehead atoms. The largest absolute Gasteiger partial charge is 0.489 e. The molecule has 2 aromatic carbocycles. The predicted molar refractivity (Wildman–Crippen MR) is 63.8 cm³/mol. The first-order chi connectivity index (χ1) is 8.68. The van der Waals surface area contributed by atoms with Gasteiger partial charge in [-0.3, -0.25) is 10.1 Å². The first-order valence-corrected chi connectivity index (χ1v) is 5.28. The molecule has 2 rings (SSSR count). The summed E-state index contributed by atoms with van der Waals surface area (Å²) in [6, 6.07) is 12.9. The van der Waals surface area contributed by atoms with Crippen molar-refractivity contribution in [2.45, 2.75) is 6.61 Å². The van der Waals surface area contributed by atoms with Gasteiger partial charge in [0.1, 0.15) is 12.4 Å². The Morgan fingerprint density at radius 1 is 1.11 bits per heavy atom. The van der Waals surface area contributed by atoms with E-state index in [0.717, 1.165) is 6.07 Å². The first kappa shape index (κ1) is 12.0. The minimum Gasteiger partial charge on any atom is -0.489 e. The van der Waals surface area contributed by atoms with E-state index in [1.807, 2.05) is 6.07 Å². The van der Waals surface area contributed by atoms with Crippen molar-refractivity contribution in [1.82, 2.24) is 0 Å². The Kier molecular flexibility index (Phi) is 3.52. The predicted octanol–water partition coefficient (Wildman–Crippen LogP) is 3.31. The molecule has 0 atom stereocenters. The van der Waals surface area contributed by atoms with Gasteiger partial charge in [0, 0.05) is 11.6 Å². The molecule has 18 heavy (non-hydrogen) atoms. The topological polar surface area (TPSA) is 52.4 Å². The fraction of sp³-hybridized carbons (Fsp3) is 0.0769. The molecule has 0 N–H and O–H groups in total. The summed E-state index contributed by atoms with van der Waals surface area (Å²) in [6.07, 6.45) is 0. The minimum absolute atomic E-state index is 0.0441. The van der Waals surface area contributed by atoms with Crippen molar-refractivity contribution in [2.24, 2.45) is 0 Å². The highest BCUT2D eigenvalue weighted by Gasteiger charge is 2.17. The standard InChI is InChI=1S/C13H10FNO3/c14-13-10(5-4-8-12(13)15(16)17)9-18-11-6-2-1-3-7-11/h1-8H,9H2. The van der Waals surface area contributed by atoms with Gasteiger partial charge in [-0.2, -0.15) is 4.39 Å². The average molecular weight is 247 g/mol. The van der Waals surface area contributed by atoms with Crippen molar-refractivity contribution < 1.29 is 14.1 Å². The molecule has 0 aromatic heterocycles. The van der Waals surface area contributed by atoms with Gasteiger partial charge in [-0.25, -0.2) is 0 Å². The summed E-state index contributed by atoms with van der Waals surface area (Å²) in [5.41, 5.74) is -0.378. The number of nitrogens with zero attached hydrogens (tertiary/aromatic N) is 1. The minimum atomic E-state index is -0.849. The Bertz CT molecular complexity index is 557.